The van der Waals surface area contributed by atoms with Crippen LogP contribution in [0.4, 0.5) is 0 Å². The molecule has 0 aliphatic heterocycles. The van der Waals surface area contributed by atoms with Crippen molar-refractivity contribution >= 4 is 12.4 Å². The molecule has 1 aromatic heterocycles. The van der Waals surface area contributed by atoms with E-state index in [1.807, 2.05) is 0 Å². The summed E-state index contributed by atoms with van der Waals surface area (Å²) < 4.78 is 4.45. The maximum absolute atomic E-state index is 6.65. The number of aromatic nitrogens is 2. The molecule has 0 unspecified atom stereocenters. The van der Waals surface area contributed by atoms with Crippen LogP contribution in [0.2, 0.25) is 0 Å². The lowest BCUT2D eigenvalue weighted by Gasteiger charge is -1.67. The summed E-state index contributed by atoms with van der Waals surface area (Å²) in [6.45, 7) is 0. The molecule has 0 saturated carbocycles. The second-order valence-corrected chi connectivity index (χ2v) is 1.28. The molecule has 0 aliphatic carbocycles. The van der Waals surface area contributed by atoms with Gasteiger partial charge in [0.25, 0.3) is 5.89 Å². The summed E-state index contributed by atoms with van der Waals surface area (Å²) in [6.07, 6.45) is 1.89. The zero-order valence-corrected chi connectivity index (χ0v) is 4.46. The first-order valence-electron chi connectivity index (χ1n) is 2.21. The van der Waals surface area contributed by atoms with E-state index in [0.29, 0.717) is 0 Å². The Morgan fingerprint density at radius 1 is 1.33 bits per heavy atom. The van der Waals surface area contributed by atoms with Gasteiger partial charge in [0.15, 0.2) is 0 Å². The molecule has 0 aromatic carbocycles. The normalized spacial score (nSPS) is 8.89. The lowest BCUT2D eigenvalue weighted by atomic mass is 10.6. The molecular weight excluding hydrogens is 120 g/mol. The van der Waals surface area contributed by atoms with E-state index in [2.05, 4.69) is 14.7 Å². The van der Waals surface area contributed by atoms with Crippen molar-refractivity contribution < 1.29 is 4.52 Å². The van der Waals surface area contributed by atoms with E-state index in [0.717, 1.165) is 12.4 Å². The van der Waals surface area contributed by atoms with E-state index in [4.69, 9.17) is 10.8 Å². The zero-order valence-electron chi connectivity index (χ0n) is 4.46. The fraction of sp³-hybridized carbons (Fsp3) is 0. The van der Waals surface area contributed by atoms with Gasteiger partial charge in [-0.15, -0.1) is 0 Å². The minimum absolute atomic E-state index is 0.119. The number of hydrogen-bond donors (Lipinski definition) is 2. The summed E-state index contributed by atoms with van der Waals surface area (Å²) in [6, 6.07) is 0. The Balaban J connectivity index is 2.98. The van der Waals surface area contributed by atoms with Crippen LogP contribution < -0.4 is 0 Å². The zero-order chi connectivity index (χ0) is 6.69. The highest BCUT2D eigenvalue weighted by Crippen LogP contribution is 1.88. The van der Waals surface area contributed by atoms with Gasteiger partial charge in [-0.2, -0.15) is 4.98 Å². The summed E-state index contributed by atoms with van der Waals surface area (Å²) in [5.41, 5.74) is 0. The average Bonchev–Trinajstić information content (AvgIpc) is 2.34. The highest BCUT2D eigenvalue weighted by Gasteiger charge is 1.97. The van der Waals surface area contributed by atoms with Gasteiger partial charge in [-0.25, -0.2) is 0 Å². The van der Waals surface area contributed by atoms with Gasteiger partial charge in [-0.05, 0) is 0 Å². The lowest BCUT2D eigenvalue weighted by molar-refractivity contribution is 0.410. The third-order valence-corrected chi connectivity index (χ3v) is 0.710. The minimum Gasteiger partial charge on any atom is -0.333 e. The molecule has 0 radical (unpaired) electrons. The quantitative estimate of drug-likeness (QED) is 0.546. The largest absolute Gasteiger partial charge is 0.333 e. The monoisotopic (exact) mass is 124 g/mol. The van der Waals surface area contributed by atoms with Crippen molar-refractivity contribution in [3.8, 4) is 0 Å². The Morgan fingerprint density at radius 2 is 2.11 bits per heavy atom. The smallest absolute Gasteiger partial charge is 0.268 e. The van der Waals surface area contributed by atoms with Crippen LogP contribution in [-0.2, 0) is 0 Å². The summed E-state index contributed by atoms with van der Waals surface area (Å²) in [5.74, 6) is 0.307. The van der Waals surface area contributed by atoms with E-state index in [1.165, 1.54) is 0 Å². The SMILES string of the molecule is N=Cc1noc(C=N)n1. The van der Waals surface area contributed by atoms with E-state index < -0.39 is 0 Å². The summed E-state index contributed by atoms with van der Waals surface area (Å²) in [5, 5.41) is 16.6. The van der Waals surface area contributed by atoms with Crippen molar-refractivity contribution in [1.29, 1.82) is 10.8 Å². The molecule has 5 heteroatoms. The van der Waals surface area contributed by atoms with Crippen molar-refractivity contribution in [3.63, 3.8) is 0 Å². The van der Waals surface area contributed by atoms with Gasteiger partial charge >= 0.3 is 0 Å². The summed E-state index contributed by atoms with van der Waals surface area (Å²) in [7, 11) is 0. The van der Waals surface area contributed by atoms with Gasteiger partial charge < -0.3 is 15.3 Å². The first-order chi connectivity index (χ1) is 4.36. The van der Waals surface area contributed by atoms with Crippen molar-refractivity contribution in [1.82, 2.24) is 10.1 Å². The molecule has 0 aliphatic rings. The molecule has 1 rings (SSSR count). The average molecular weight is 124 g/mol. The molecule has 1 heterocycles. The second kappa shape index (κ2) is 2.17. The first kappa shape index (κ1) is 5.61. The van der Waals surface area contributed by atoms with Crippen molar-refractivity contribution in [3.05, 3.63) is 11.7 Å². The predicted molar refractivity (Wildman–Crippen MR) is 30.1 cm³/mol. The fourth-order valence-electron chi connectivity index (χ4n) is 0.365. The Kier molecular flexibility index (Phi) is 1.35. The number of hydrogen-bond acceptors (Lipinski definition) is 5. The Hall–Kier alpha value is -1.52. The molecule has 0 saturated heterocycles. The third-order valence-electron chi connectivity index (χ3n) is 0.710. The highest BCUT2D eigenvalue weighted by atomic mass is 16.5. The van der Waals surface area contributed by atoms with Crippen LogP contribution in [0.5, 0.6) is 0 Å². The number of nitrogens with one attached hydrogen (secondary N) is 2. The third kappa shape index (κ3) is 0.987. The maximum Gasteiger partial charge on any atom is 0.268 e. The topological polar surface area (TPSA) is 86.6 Å². The Morgan fingerprint density at radius 3 is 2.44 bits per heavy atom. The van der Waals surface area contributed by atoms with E-state index in [-0.39, 0.29) is 11.7 Å². The molecule has 46 valence electrons. The standard InChI is InChI=1S/C4H4N4O/c5-1-3-7-4(2-6)9-8-3/h1-2,5-6H. The Bertz CT molecular complexity index is 206. The molecular formula is C4H4N4O. The van der Waals surface area contributed by atoms with Gasteiger partial charge in [-0.1, -0.05) is 5.16 Å². The van der Waals surface area contributed by atoms with E-state index in [9.17, 15) is 0 Å². The fourth-order valence-corrected chi connectivity index (χ4v) is 0.365. The van der Waals surface area contributed by atoms with Crippen LogP contribution in [0.1, 0.15) is 11.7 Å². The van der Waals surface area contributed by atoms with Crippen LogP contribution in [0, 0.1) is 10.8 Å². The molecule has 2 N–H and O–H groups in total. The lowest BCUT2D eigenvalue weighted by Crippen LogP contribution is -1.82. The van der Waals surface area contributed by atoms with Crippen molar-refractivity contribution in [2.24, 2.45) is 0 Å². The van der Waals surface area contributed by atoms with E-state index >= 15 is 0 Å². The van der Waals surface area contributed by atoms with Gasteiger partial charge in [0.2, 0.25) is 5.82 Å². The van der Waals surface area contributed by atoms with E-state index in [1.54, 1.807) is 0 Å². The molecule has 0 spiro atoms. The number of rotatable bonds is 2. The van der Waals surface area contributed by atoms with Crippen LogP contribution in [0.3, 0.4) is 0 Å². The molecule has 0 bridgehead atoms. The number of nitrogens with zero attached hydrogens (tertiary/aromatic N) is 2. The highest BCUT2D eigenvalue weighted by molar-refractivity contribution is 5.74. The van der Waals surface area contributed by atoms with Gasteiger partial charge in [-0.3, -0.25) is 0 Å². The van der Waals surface area contributed by atoms with Gasteiger partial charge in [0.1, 0.15) is 0 Å². The van der Waals surface area contributed by atoms with Gasteiger partial charge in [0.05, 0.1) is 12.4 Å². The second-order valence-electron chi connectivity index (χ2n) is 1.28. The molecule has 0 amide bonds. The molecule has 9 heavy (non-hydrogen) atoms. The Labute approximate surface area is 50.7 Å². The maximum atomic E-state index is 6.65. The van der Waals surface area contributed by atoms with Gasteiger partial charge in [0, 0.05) is 0 Å². The van der Waals surface area contributed by atoms with Crippen LogP contribution in [0.15, 0.2) is 4.52 Å². The van der Waals surface area contributed by atoms with Crippen LogP contribution in [0.25, 0.3) is 0 Å². The first-order valence-corrected chi connectivity index (χ1v) is 2.21. The van der Waals surface area contributed by atoms with Crippen molar-refractivity contribution in [2.75, 3.05) is 0 Å². The summed E-state index contributed by atoms with van der Waals surface area (Å²) >= 11 is 0. The molecule has 1 aromatic rings. The minimum atomic E-state index is 0.119. The van der Waals surface area contributed by atoms with Crippen molar-refractivity contribution in [2.45, 2.75) is 0 Å². The molecule has 0 atom stereocenters. The predicted octanol–water partition coefficient (Wildman–Crippen LogP) is 0.0649. The summed E-state index contributed by atoms with van der Waals surface area (Å²) in [4.78, 5) is 3.58. The van der Waals surface area contributed by atoms with Crippen LogP contribution in [-0.4, -0.2) is 22.6 Å². The molecule has 0 fully saturated rings. The molecule has 5 nitrogen and oxygen atoms in total. The van der Waals surface area contributed by atoms with Crippen LogP contribution >= 0.6 is 0 Å².